The summed E-state index contributed by atoms with van der Waals surface area (Å²) < 4.78 is 31.7. The number of carbonyl (C=O) groups is 3. The second-order valence-corrected chi connectivity index (χ2v) is 8.00. The predicted molar refractivity (Wildman–Crippen MR) is 106 cm³/mol. The number of carboxylic acids is 2. The molecule has 0 fully saturated rings. The number of carbonyl (C=O) groups excluding carboxylic acids is 1. The van der Waals surface area contributed by atoms with Crippen molar-refractivity contribution < 1.29 is 42.7 Å². The standard InChI is InChI=1S/C14H18N2O5S2.C2HF3O2/c1-2-10-3-4-11(9-12(10)16(20)21)14(19)15-6-8-23-22-7-5-13(17)18;3-2(4,5)1(6)7/h3-4,9H,2,5-8H2,1H3,(H,15,19)(H,17,18);(H,6,7). The van der Waals surface area contributed by atoms with Crippen LogP contribution >= 0.6 is 21.6 Å². The quantitative estimate of drug-likeness (QED) is 0.202. The molecule has 0 unspecified atom stereocenters. The lowest BCUT2D eigenvalue weighted by atomic mass is 10.1. The number of halogens is 3. The first-order chi connectivity index (χ1) is 13.9. The molecule has 3 N–H and O–H groups in total. The van der Waals surface area contributed by atoms with Crippen LogP contribution in [0.4, 0.5) is 18.9 Å². The Bertz CT molecular complexity index is 761. The molecule has 0 atom stereocenters. The van der Waals surface area contributed by atoms with Crippen molar-refractivity contribution in [2.24, 2.45) is 0 Å². The zero-order chi connectivity index (χ0) is 23.3. The third-order valence-corrected chi connectivity index (χ3v) is 5.53. The molecule has 0 aliphatic rings. The van der Waals surface area contributed by atoms with E-state index in [0.29, 0.717) is 30.0 Å². The van der Waals surface area contributed by atoms with Gasteiger partial charge < -0.3 is 15.5 Å². The molecule has 0 radical (unpaired) electrons. The van der Waals surface area contributed by atoms with Crippen LogP contribution in [0.2, 0.25) is 0 Å². The van der Waals surface area contributed by atoms with E-state index < -0.39 is 23.0 Å². The highest BCUT2D eigenvalue weighted by molar-refractivity contribution is 8.76. The lowest BCUT2D eigenvalue weighted by Crippen LogP contribution is -2.25. The topological polar surface area (TPSA) is 147 Å². The van der Waals surface area contributed by atoms with Gasteiger partial charge >= 0.3 is 18.1 Å². The van der Waals surface area contributed by atoms with E-state index in [1.54, 1.807) is 12.1 Å². The smallest absolute Gasteiger partial charge is 0.481 e. The molecule has 0 saturated heterocycles. The Hall–Kier alpha value is -2.48. The van der Waals surface area contributed by atoms with Crippen molar-refractivity contribution in [1.29, 1.82) is 0 Å². The number of nitro benzene ring substituents is 1. The first-order valence-corrected chi connectivity index (χ1v) is 10.7. The summed E-state index contributed by atoms with van der Waals surface area (Å²) in [6.45, 7) is 2.23. The molecule has 1 rings (SSSR count). The van der Waals surface area contributed by atoms with Gasteiger partial charge in [-0.25, -0.2) is 4.79 Å². The van der Waals surface area contributed by atoms with Crippen LogP contribution < -0.4 is 5.32 Å². The van der Waals surface area contributed by atoms with Gasteiger partial charge in [-0.2, -0.15) is 13.2 Å². The lowest BCUT2D eigenvalue weighted by molar-refractivity contribution is -0.385. The van der Waals surface area contributed by atoms with Crippen LogP contribution in [0, 0.1) is 10.1 Å². The number of carboxylic acid groups (broad SMARTS) is 2. The first-order valence-electron chi connectivity index (χ1n) is 8.22. The minimum atomic E-state index is -5.08. The average Bonchev–Trinajstić information content (AvgIpc) is 2.65. The highest BCUT2D eigenvalue weighted by atomic mass is 33.1. The van der Waals surface area contributed by atoms with Crippen molar-refractivity contribution >= 4 is 45.1 Å². The van der Waals surface area contributed by atoms with Crippen molar-refractivity contribution in [3.05, 3.63) is 39.4 Å². The van der Waals surface area contributed by atoms with Crippen LogP contribution in [0.1, 0.15) is 29.3 Å². The van der Waals surface area contributed by atoms with Gasteiger partial charge in [0, 0.05) is 35.2 Å². The Morgan fingerprint density at radius 1 is 1.17 bits per heavy atom. The molecule has 0 bridgehead atoms. The number of rotatable bonds is 10. The number of nitro groups is 1. The molecule has 0 aliphatic heterocycles. The fraction of sp³-hybridized carbons (Fsp3) is 0.438. The summed E-state index contributed by atoms with van der Waals surface area (Å²) in [5, 5.41) is 29.3. The highest BCUT2D eigenvalue weighted by Crippen LogP contribution is 2.22. The normalized spacial score (nSPS) is 10.5. The van der Waals surface area contributed by atoms with E-state index in [0.717, 1.165) is 0 Å². The molecule has 0 saturated carbocycles. The minimum absolute atomic E-state index is 0.0428. The second kappa shape index (κ2) is 13.7. The Kier molecular flexibility index (Phi) is 12.6. The van der Waals surface area contributed by atoms with Gasteiger partial charge in [0.15, 0.2) is 0 Å². The molecular weight excluding hydrogens is 453 g/mol. The van der Waals surface area contributed by atoms with E-state index >= 15 is 0 Å². The van der Waals surface area contributed by atoms with Gasteiger partial charge in [0.1, 0.15) is 0 Å². The summed E-state index contributed by atoms with van der Waals surface area (Å²) in [6.07, 6.45) is -4.44. The van der Waals surface area contributed by atoms with Gasteiger partial charge in [0.05, 0.1) is 11.3 Å². The van der Waals surface area contributed by atoms with Gasteiger partial charge in [0.2, 0.25) is 0 Å². The second-order valence-electron chi connectivity index (χ2n) is 5.30. The molecule has 1 aromatic rings. The first kappa shape index (κ1) is 27.5. The van der Waals surface area contributed by atoms with Gasteiger partial charge in [-0.3, -0.25) is 19.7 Å². The number of hydrogen-bond acceptors (Lipinski definition) is 7. The Balaban J connectivity index is 0.00000103. The average molecular weight is 472 g/mol. The van der Waals surface area contributed by atoms with Crippen molar-refractivity contribution in [3.8, 4) is 0 Å². The third-order valence-electron chi connectivity index (χ3n) is 3.12. The summed E-state index contributed by atoms with van der Waals surface area (Å²) in [5.74, 6) is -2.80. The molecule has 30 heavy (non-hydrogen) atoms. The van der Waals surface area contributed by atoms with Crippen LogP contribution in [-0.4, -0.2) is 57.2 Å². The van der Waals surface area contributed by atoms with E-state index in [2.05, 4.69) is 5.32 Å². The number of nitrogens with zero attached hydrogens (tertiary/aromatic N) is 1. The Morgan fingerprint density at radius 3 is 2.20 bits per heavy atom. The fourth-order valence-corrected chi connectivity index (χ4v) is 3.62. The van der Waals surface area contributed by atoms with Gasteiger partial charge in [-0.05, 0) is 12.5 Å². The van der Waals surface area contributed by atoms with Gasteiger partial charge in [0.25, 0.3) is 11.6 Å². The Labute approximate surface area is 177 Å². The maximum Gasteiger partial charge on any atom is 0.490 e. The van der Waals surface area contributed by atoms with E-state index in [9.17, 15) is 32.9 Å². The van der Waals surface area contributed by atoms with E-state index in [1.807, 2.05) is 6.92 Å². The number of alkyl halides is 3. The van der Waals surface area contributed by atoms with Gasteiger partial charge in [-0.15, -0.1) is 0 Å². The number of aryl methyl sites for hydroxylation is 1. The number of amides is 1. The molecule has 9 nitrogen and oxygen atoms in total. The molecule has 0 heterocycles. The van der Waals surface area contributed by atoms with Crippen molar-refractivity contribution in [1.82, 2.24) is 5.32 Å². The minimum Gasteiger partial charge on any atom is -0.481 e. The van der Waals surface area contributed by atoms with Crippen LogP contribution in [0.25, 0.3) is 0 Å². The SMILES string of the molecule is CCc1ccc(C(=O)NCCSSCCC(=O)O)cc1[N+](=O)[O-].O=C(O)C(F)(F)F. The molecular formula is C16H19F3N2O7S2. The molecule has 168 valence electrons. The van der Waals surface area contributed by atoms with Gasteiger partial charge in [-0.1, -0.05) is 34.6 Å². The third kappa shape index (κ3) is 11.5. The zero-order valence-corrected chi connectivity index (χ0v) is 17.2. The van der Waals surface area contributed by atoms with Crippen molar-refractivity contribution in [2.45, 2.75) is 25.9 Å². The molecule has 14 heteroatoms. The number of aliphatic carboxylic acids is 2. The summed E-state index contributed by atoms with van der Waals surface area (Å²) in [4.78, 5) is 41.7. The summed E-state index contributed by atoms with van der Waals surface area (Å²) >= 11 is 0. The number of benzene rings is 1. The van der Waals surface area contributed by atoms with Crippen molar-refractivity contribution in [2.75, 3.05) is 18.1 Å². The highest BCUT2D eigenvalue weighted by Gasteiger charge is 2.38. The molecule has 0 aromatic heterocycles. The summed E-state index contributed by atoms with van der Waals surface area (Å²) in [5.41, 5.74) is 0.813. The van der Waals surface area contributed by atoms with Crippen LogP contribution in [0.3, 0.4) is 0 Å². The van der Waals surface area contributed by atoms with E-state index in [1.165, 1.54) is 27.7 Å². The van der Waals surface area contributed by atoms with Crippen LogP contribution in [0.5, 0.6) is 0 Å². The molecule has 1 aromatic carbocycles. The maximum absolute atomic E-state index is 12.0. The summed E-state index contributed by atoms with van der Waals surface area (Å²) in [6, 6.07) is 4.47. The zero-order valence-electron chi connectivity index (χ0n) is 15.6. The van der Waals surface area contributed by atoms with Crippen molar-refractivity contribution in [3.63, 3.8) is 0 Å². The largest absolute Gasteiger partial charge is 0.490 e. The Morgan fingerprint density at radius 2 is 1.73 bits per heavy atom. The maximum atomic E-state index is 12.0. The van der Waals surface area contributed by atoms with Crippen LogP contribution in [0.15, 0.2) is 18.2 Å². The lowest BCUT2D eigenvalue weighted by Gasteiger charge is -2.06. The predicted octanol–water partition coefficient (Wildman–Crippen LogP) is 3.38. The van der Waals surface area contributed by atoms with E-state index in [-0.39, 0.29) is 23.6 Å². The molecule has 0 aliphatic carbocycles. The number of nitrogens with one attached hydrogen (secondary N) is 1. The molecule has 1 amide bonds. The summed E-state index contributed by atoms with van der Waals surface area (Å²) in [7, 11) is 2.91. The molecule has 0 spiro atoms. The monoisotopic (exact) mass is 472 g/mol. The fourth-order valence-electron chi connectivity index (χ4n) is 1.73. The van der Waals surface area contributed by atoms with Crippen LogP contribution in [-0.2, 0) is 16.0 Å². The number of hydrogen-bond donors (Lipinski definition) is 3. The van der Waals surface area contributed by atoms with E-state index in [4.69, 9.17) is 15.0 Å².